The molecule has 2 amide bonds. The number of cyclic esters (lactones) is 1. The molecule has 4 rings (SSSR count). The molecule has 2 saturated heterocycles. The Morgan fingerprint density at radius 1 is 1.32 bits per heavy atom. The molecule has 0 aliphatic carbocycles. The third kappa shape index (κ3) is 2.10. The smallest absolute Gasteiger partial charge is 0.410 e. The zero-order chi connectivity index (χ0) is 15.1. The van der Waals surface area contributed by atoms with Gasteiger partial charge in [-0.15, -0.1) is 0 Å². The first-order valence-electron chi connectivity index (χ1n) is 7.82. The molecule has 22 heavy (non-hydrogen) atoms. The molecule has 0 aromatic heterocycles. The van der Waals surface area contributed by atoms with Gasteiger partial charge in [0.25, 0.3) is 5.91 Å². The lowest BCUT2D eigenvalue weighted by Crippen LogP contribution is -2.53. The molecule has 0 spiro atoms. The Balaban J connectivity index is 1.57. The highest BCUT2D eigenvalue weighted by Crippen LogP contribution is 2.28. The average molecular weight is 301 g/mol. The highest BCUT2D eigenvalue weighted by molar-refractivity contribution is 6.00. The van der Waals surface area contributed by atoms with Crippen LogP contribution in [0, 0.1) is 0 Å². The van der Waals surface area contributed by atoms with Gasteiger partial charge in [-0.1, -0.05) is 12.1 Å². The molecule has 2 fully saturated rings. The molecule has 3 aliphatic heterocycles. The number of nitrogens with one attached hydrogen (secondary N) is 1. The summed E-state index contributed by atoms with van der Waals surface area (Å²) in [5, 5.41) is 3.37. The number of carbonyl (C=O) groups is 2. The molecule has 1 N–H and O–H groups in total. The molecule has 6 heteroatoms. The van der Waals surface area contributed by atoms with E-state index in [9.17, 15) is 9.59 Å². The number of ether oxygens (including phenoxy) is 1. The van der Waals surface area contributed by atoms with Crippen LogP contribution in [-0.2, 0) is 11.2 Å². The Morgan fingerprint density at radius 3 is 3.14 bits per heavy atom. The molecule has 3 heterocycles. The van der Waals surface area contributed by atoms with E-state index in [4.69, 9.17) is 4.74 Å². The van der Waals surface area contributed by atoms with Crippen molar-refractivity contribution in [2.45, 2.75) is 18.9 Å². The third-order valence-corrected chi connectivity index (χ3v) is 4.71. The lowest BCUT2D eigenvalue weighted by molar-refractivity contribution is 0.0617. The quantitative estimate of drug-likeness (QED) is 0.850. The second-order valence-electron chi connectivity index (χ2n) is 6.05. The Morgan fingerprint density at radius 2 is 2.23 bits per heavy atom. The number of para-hydroxylation sites is 1. The Hall–Kier alpha value is -2.24. The first-order chi connectivity index (χ1) is 10.7. The van der Waals surface area contributed by atoms with Gasteiger partial charge >= 0.3 is 6.09 Å². The van der Waals surface area contributed by atoms with Gasteiger partial charge in [0.15, 0.2) is 0 Å². The minimum atomic E-state index is -0.254. The maximum atomic E-state index is 12.9. The van der Waals surface area contributed by atoms with Crippen molar-refractivity contribution in [1.82, 2.24) is 9.80 Å². The van der Waals surface area contributed by atoms with E-state index in [1.54, 1.807) is 4.90 Å². The van der Waals surface area contributed by atoms with E-state index in [-0.39, 0.29) is 18.0 Å². The Labute approximate surface area is 129 Å². The van der Waals surface area contributed by atoms with Crippen LogP contribution >= 0.6 is 0 Å². The third-order valence-electron chi connectivity index (χ3n) is 4.71. The van der Waals surface area contributed by atoms with Crippen LogP contribution in [0.2, 0.25) is 0 Å². The number of fused-ring (bicyclic) bond motifs is 2. The molecule has 1 aromatic carbocycles. The highest BCUT2D eigenvalue weighted by Gasteiger charge is 2.39. The fraction of sp³-hybridized carbons (Fsp3) is 0.500. The molecular weight excluding hydrogens is 282 g/mol. The second kappa shape index (κ2) is 5.19. The van der Waals surface area contributed by atoms with Crippen LogP contribution in [-0.4, -0.2) is 60.6 Å². The maximum Gasteiger partial charge on any atom is 0.410 e. The summed E-state index contributed by atoms with van der Waals surface area (Å²) < 4.78 is 5.06. The van der Waals surface area contributed by atoms with Crippen LogP contribution in [0.15, 0.2) is 18.2 Å². The maximum absolute atomic E-state index is 12.9. The van der Waals surface area contributed by atoms with Gasteiger partial charge in [0.2, 0.25) is 0 Å². The monoisotopic (exact) mass is 301 g/mol. The van der Waals surface area contributed by atoms with Gasteiger partial charge in [-0.05, 0) is 24.5 Å². The molecule has 6 nitrogen and oxygen atoms in total. The van der Waals surface area contributed by atoms with Gasteiger partial charge in [0.1, 0.15) is 6.61 Å². The zero-order valence-corrected chi connectivity index (χ0v) is 12.4. The number of carbonyl (C=O) groups excluding carboxylic acids is 2. The highest BCUT2D eigenvalue weighted by atomic mass is 16.6. The van der Waals surface area contributed by atoms with E-state index in [0.717, 1.165) is 30.6 Å². The number of anilines is 1. The zero-order valence-electron chi connectivity index (χ0n) is 12.4. The molecular formula is C16H19N3O3. The largest absolute Gasteiger partial charge is 0.447 e. The van der Waals surface area contributed by atoms with Crippen LogP contribution < -0.4 is 5.32 Å². The number of benzene rings is 1. The van der Waals surface area contributed by atoms with Crippen molar-refractivity contribution in [3.05, 3.63) is 29.3 Å². The standard InChI is InChI=1S/C16H19N3O3/c20-15(13-5-1-3-11-4-2-6-17-14(11)13)18-7-8-19-12(9-18)10-22-16(19)21/h1,3,5,12,17H,2,4,6-10H2/t12-/m1/s1. The number of amides is 2. The van der Waals surface area contributed by atoms with E-state index >= 15 is 0 Å². The van der Waals surface area contributed by atoms with Gasteiger partial charge < -0.3 is 15.0 Å². The number of nitrogens with zero attached hydrogens (tertiary/aromatic N) is 2. The molecule has 0 bridgehead atoms. The predicted molar refractivity (Wildman–Crippen MR) is 81.0 cm³/mol. The SMILES string of the molecule is O=C(c1cccc2c1NCCC2)N1CCN2C(=O)OC[C@H]2C1. The number of rotatable bonds is 1. The Bertz CT molecular complexity index is 631. The predicted octanol–water partition coefficient (Wildman–Crippen LogP) is 1.32. The summed E-state index contributed by atoms with van der Waals surface area (Å²) in [6.07, 6.45) is 1.86. The fourth-order valence-electron chi connectivity index (χ4n) is 3.53. The van der Waals surface area contributed by atoms with Crippen molar-refractivity contribution in [2.24, 2.45) is 0 Å². The summed E-state index contributed by atoms with van der Waals surface area (Å²) in [4.78, 5) is 28.0. The molecule has 116 valence electrons. The van der Waals surface area contributed by atoms with Crippen LogP contribution in [0.4, 0.5) is 10.5 Å². The normalized spacial score (nSPS) is 23.5. The van der Waals surface area contributed by atoms with E-state index in [1.807, 2.05) is 17.0 Å². The van der Waals surface area contributed by atoms with Gasteiger partial charge in [0.05, 0.1) is 17.3 Å². The summed E-state index contributed by atoms with van der Waals surface area (Å²) in [6, 6.07) is 5.93. The van der Waals surface area contributed by atoms with Gasteiger partial charge in [0, 0.05) is 26.2 Å². The molecule has 0 radical (unpaired) electrons. The van der Waals surface area contributed by atoms with Crippen LogP contribution in [0.1, 0.15) is 22.3 Å². The fourth-order valence-corrected chi connectivity index (χ4v) is 3.53. The van der Waals surface area contributed by atoms with E-state index in [2.05, 4.69) is 11.4 Å². The van der Waals surface area contributed by atoms with Crippen LogP contribution in [0.3, 0.4) is 0 Å². The minimum absolute atomic E-state index is 0.00213. The van der Waals surface area contributed by atoms with E-state index < -0.39 is 0 Å². The van der Waals surface area contributed by atoms with E-state index in [1.165, 1.54) is 5.56 Å². The summed E-state index contributed by atoms with van der Waals surface area (Å²) in [7, 11) is 0. The van der Waals surface area contributed by atoms with Gasteiger partial charge in [-0.3, -0.25) is 9.69 Å². The lowest BCUT2D eigenvalue weighted by atomic mass is 9.98. The molecule has 0 unspecified atom stereocenters. The van der Waals surface area contributed by atoms with Crippen LogP contribution in [0.5, 0.6) is 0 Å². The van der Waals surface area contributed by atoms with E-state index in [0.29, 0.717) is 26.2 Å². The second-order valence-corrected chi connectivity index (χ2v) is 6.05. The van der Waals surface area contributed by atoms with Gasteiger partial charge in [-0.2, -0.15) is 0 Å². The van der Waals surface area contributed by atoms with Crippen molar-refractivity contribution in [3.8, 4) is 0 Å². The minimum Gasteiger partial charge on any atom is -0.447 e. The summed E-state index contributed by atoms with van der Waals surface area (Å²) in [6.45, 7) is 2.96. The molecule has 1 atom stereocenters. The molecule has 0 saturated carbocycles. The van der Waals surface area contributed by atoms with Crippen molar-refractivity contribution < 1.29 is 14.3 Å². The first kappa shape index (κ1) is 13.4. The average Bonchev–Trinajstić information content (AvgIpc) is 2.94. The molecule has 3 aliphatic rings. The summed E-state index contributed by atoms with van der Waals surface area (Å²) in [5.41, 5.74) is 2.95. The van der Waals surface area contributed by atoms with Crippen molar-refractivity contribution in [3.63, 3.8) is 0 Å². The number of aryl methyl sites for hydroxylation is 1. The van der Waals surface area contributed by atoms with Crippen molar-refractivity contribution in [2.75, 3.05) is 38.1 Å². The van der Waals surface area contributed by atoms with Crippen molar-refractivity contribution >= 4 is 17.7 Å². The van der Waals surface area contributed by atoms with Crippen molar-refractivity contribution in [1.29, 1.82) is 0 Å². The number of piperazine rings is 1. The number of hydrogen-bond donors (Lipinski definition) is 1. The summed E-state index contributed by atoms with van der Waals surface area (Å²) in [5.74, 6) is 0.0465. The lowest BCUT2D eigenvalue weighted by Gasteiger charge is -2.36. The molecule has 1 aromatic rings. The number of hydrogen-bond acceptors (Lipinski definition) is 4. The Kier molecular flexibility index (Phi) is 3.17. The topological polar surface area (TPSA) is 61.9 Å². The van der Waals surface area contributed by atoms with Gasteiger partial charge in [-0.25, -0.2) is 4.79 Å². The van der Waals surface area contributed by atoms with Crippen LogP contribution in [0.25, 0.3) is 0 Å². The first-order valence-corrected chi connectivity index (χ1v) is 7.82. The summed E-state index contributed by atoms with van der Waals surface area (Å²) >= 11 is 0.